The zero-order chi connectivity index (χ0) is 18.5. The highest BCUT2D eigenvalue weighted by Gasteiger charge is 2.24. The van der Waals surface area contributed by atoms with Gasteiger partial charge in [0.25, 0.3) is 0 Å². The first kappa shape index (κ1) is 18.4. The summed E-state index contributed by atoms with van der Waals surface area (Å²) in [6.45, 7) is 5.23. The van der Waals surface area contributed by atoms with Crippen LogP contribution in [-0.2, 0) is 11.4 Å². The number of carbonyl (C=O) groups is 1. The molecule has 2 N–H and O–H groups in total. The second-order valence-corrected chi connectivity index (χ2v) is 6.96. The average molecular weight is 356 g/mol. The van der Waals surface area contributed by atoms with E-state index in [2.05, 4.69) is 17.6 Å². The Kier molecular flexibility index (Phi) is 5.89. The van der Waals surface area contributed by atoms with Gasteiger partial charge in [-0.2, -0.15) is 0 Å². The Bertz CT molecular complexity index is 778. The Morgan fingerprint density at radius 2 is 2.15 bits per heavy atom. The highest BCUT2D eigenvalue weighted by molar-refractivity contribution is 5.93. The molecule has 138 valence electrons. The summed E-state index contributed by atoms with van der Waals surface area (Å²) < 4.78 is 18.9. The molecule has 1 heterocycles. The van der Waals surface area contributed by atoms with Gasteiger partial charge in [0.1, 0.15) is 18.2 Å². The fourth-order valence-electron chi connectivity index (χ4n) is 3.26. The minimum Gasteiger partial charge on any atom is -0.489 e. The summed E-state index contributed by atoms with van der Waals surface area (Å²) in [5.41, 5.74) is 2.52. The van der Waals surface area contributed by atoms with Crippen LogP contribution in [0.2, 0.25) is 0 Å². The molecule has 0 aromatic heterocycles. The molecule has 4 nitrogen and oxygen atoms in total. The van der Waals surface area contributed by atoms with Crippen LogP contribution in [-0.4, -0.2) is 18.5 Å². The van der Waals surface area contributed by atoms with E-state index in [1.807, 2.05) is 31.2 Å². The molecule has 0 unspecified atom stereocenters. The lowest BCUT2D eigenvalue weighted by atomic mass is 9.92. The van der Waals surface area contributed by atoms with Gasteiger partial charge in [0.2, 0.25) is 5.91 Å². The van der Waals surface area contributed by atoms with E-state index >= 15 is 0 Å². The Morgan fingerprint density at radius 3 is 2.88 bits per heavy atom. The number of anilines is 1. The summed E-state index contributed by atoms with van der Waals surface area (Å²) in [4.78, 5) is 12.5. The van der Waals surface area contributed by atoms with Gasteiger partial charge in [-0.05, 0) is 74.7 Å². The second kappa shape index (κ2) is 8.32. The Morgan fingerprint density at radius 1 is 1.31 bits per heavy atom. The fraction of sp³-hybridized carbons (Fsp3) is 0.381. The molecule has 1 amide bonds. The summed E-state index contributed by atoms with van der Waals surface area (Å²) in [6.07, 6.45) is 1.73. The van der Waals surface area contributed by atoms with E-state index in [0.29, 0.717) is 18.4 Å². The summed E-state index contributed by atoms with van der Waals surface area (Å²) in [6, 6.07) is 12.3. The molecular formula is C21H25FN2O2. The molecule has 0 aliphatic carbocycles. The van der Waals surface area contributed by atoms with Crippen molar-refractivity contribution < 1.29 is 13.9 Å². The van der Waals surface area contributed by atoms with Gasteiger partial charge >= 0.3 is 0 Å². The van der Waals surface area contributed by atoms with Crippen molar-refractivity contribution in [3.8, 4) is 5.75 Å². The number of nitrogens with one attached hydrogen (secondary N) is 2. The van der Waals surface area contributed by atoms with Gasteiger partial charge in [0, 0.05) is 17.6 Å². The van der Waals surface area contributed by atoms with Crippen LogP contribution in [0.5, 0.6) is 5.75 Å². The van der Waals surface area contributed by atoms with Gasteiger partial charge < -0.3 is 15.4 Å². The van der Waals surface area contributed by atoms with E-state index in [1.54, 1.807) is 6.07 Å². The molecular weight excluding hydrogens is 331 g/mol. The number of benzene rings is 2. The highest BCUT2D eigenvalue weighted by atomic mass is 19.1. The number of carbonyl (C=O) groups excluding carboxylic acids is 1. The number of amides is 1. The van der Waals surface area contributed by atoms with Crippen molar-refractivity contribution in [3.05, 3.63) is 59.4 Å². The molecule has 0 radical (unpaired) electrons. The van der Waals surface area contributed by atoms with Gasteiger partial charge in [0.15, 0.2) is 0 Å². The maximum Gasteiger partial charge on any atom is 0.227 e. The summed E-state index contributed by atoms with van der Waals surface area (Å²) in [5, 5.41) is 6.40. The number of piperidine rings is 1. The van der Waals surface area contributed by atoms with Crippen molar-refractivity contribution in [2.24, 2.45) is 5.92 Å². The Balaban J connectivity index is 1.59. The SMILES string of the molecule is Cc1cc(OCc2cccc(F)c2)ccc1NC(=O)[C@H]1CCN[C@@H](C)C1. The fourth-order valence-corrected chi connectivity index (χ4v) is 3.26. The zero-order valence-corrected chi connectivity index (χ0v) is 15.2. The third-order valence-corrected chi connectivity index (χ3v) is 4.74. The molecule has 2 aromatic carbocycles. The number of halogens is 1. The number of rotatable bonds is 5. The standard InChI is InChI=1S/C21H25FN2O2/c1-14-10-19(26-13-16-4-3-5-18(22)12-16)6-7-20(14)24-21(25)17-8-9-23-15(2)11-17/h3-7,10,12,15,17,23H,8-9,11,13H2,1-2H3,(H,24,25)/t15-,17-/m0/s1. The largest absolute Gasteiger partial charge is 0.489 e. The topological polar surface area (TPSA) is 50.4 Å². The molecule has 26 heavy (non-hydrogen) atoms. The van der Waals surface area contributed by atoms with E-state index in [4.69, 9.17) is 4.74 Å². The number of hydrogen-bond acceptors (Lipinski definition) is 3. The lowest BCUT2D eigenvalue weighted by Gasteiger charge is -2.27. The first-order chi connectivity index (χ1) is 12.5. The third-order valence-electron chi connectivity index (χ3n) is 4.74. The molecule has 0 saturated carbocycles. The van der Waals surface area contributed by atoms with Crippen molar-refractivity contribution in [1.29, 1.82) is 0 Å². The van der Waals surface area contributed by atoms with E-state index in [0.717, 1.165) is 36.2 Å². The predicted molar refractivity (Wildman–Crippen MR) is 101 cm³/mol. The molecule has 3 rings (SSSR count). The van der Waals surface area contributed by atoms with Gasteiger partial charge in [-0.15, -0.1) is 0 Å². The van der Waals surface area contributed by atoms with Gasteiger partial charge in [-0.25, -0.2) is 4.39 Å². The van der Waals surface area contributed by atoms with E-state index in [9.17, 15) is 9.18 Å². The van der Waals surface area contributed by atoms with Gasteiger partial charge in [-0.3, -0.25) is 4.79 Å². The molecule has 1 aliphatic rings. The molecule has 2 aromatic rings. The Labute approximate surface area is 153 Å². The monoisotopic (exact) mass is 356 g/mol. The van der Waals surface area contributed by atoms with Crippen LogP contribution in [0.3, 0.4) is 0 Å². The van der Waals surface area contributed by atoms with Crippen LogP contribution in [0.15, 0.2) is 42.5 Å². The summed E-state index contributed by atoms with van der Waals surface area (Å²) >= 11 is 0. The van der Waals surface area contributed by atoms with Crippen LogP contribution in [0.25, 0.3) is 0 Å². The summed E-state index contributed by atoms with van der Waals surface area (Å²) in [7, 11) is 0. The lowest BCUT2D eigenvalue weighted by molar-refractivity contribution is -0.120. The van der Waals surface area contributed by atoms with E-state index < -0.39 is 0 Å². The predicted octanol–water partition coefficient (Wildman–Crippen LogP) is 4.04. The van der Waals surface area contributed by atoms with Crippen molar-refractivity contribution in [1.82, 2.24) is 5.32 Å². The normalized spacial score (nSPS) is 19.8. The van der Waals surface area contributed by atoms with E-state index in [1.165, 1.54) is 12.1 Å². The number of ether oxygens (including phenoxy) is 1. The maximum absolute atomic E-state index is 13.2. The lowest BCUT2D eigenvalue weighted by Crippen LogP contribution is -2.40. The molecule has 2 atom stereocenters. The second-order valence-electron chi connectivity index (χ2n) is 6.96. The molecule has 5 heteroatoms. The molecule has 1 fully saturated rings. The third kappa shape index (κ3) is 4.82. The maximum atomic E-state index is 13.2. The Hall–Kier alpha value is -2.40. The molecule has 0 spiro atoms. The highest BCUT2D eigenvalue weighted by Crippen LogP contribution is 2.24. The van der Waals surface area contributed by atoms with Gasteiger partial charge in [-0.1, -0.05) is 12.1 Å². The van der Waals surface area contributed by atoms with Crippen molar-refractivity contribution >= 4 is 11.6 Å². The van der Waals surface area contributed by atoms with Crippen LogP contribution in [0, 0.1) is 18.7 Å². The minimum absolute atomic E-state index is 0.0505. The van der Waals surface area contributed by atoms with Crippen LogP contribution < -0.4 is 15.4 Å². The van der Waals surface area contributed by atoms with Gasteiger partial charge in [0.05, 0.1) is 0 Å². The van der Waals surface area contributed by atoms with Crippen LogP contribution >= 0.6 is 0 Å². The summed E-state index contributed by atoms with van der Waals surface area (Å²) in [5.74, 6) is 0.553. The number of hydrogen-bond donors (Lipinski definition) is 2. The van der Waals surface area contributed by atoms with Crippen LogP contribution in [0.1, 0.15) is 30.9 Å². The molecule has 1 aliphatic heterocycles. The van der Waals surface area contributed by atoms with Crippen molar-refractivity contribution in [2.45, 2.75) is 39.3 Å². The quantitative estimate of drug-likeness (QED) is 0.850. The molecule has 0 bridgehead atoms. The smallest absolute Gasteiger partial charge is 0.227 e. The first-order valence-corrected chi connectivity index (χ1v) is 9.03. The number of aryl methyl sites for hydroxylation is 1. The minimum atomic E-state index is -0.271. The van der Waals surface area contributed by atoms with Crippen molar-refractivity contribution in [3.63, 3.8) is 0 Å². The van der Waals surface area contributed by atoms with Crippen LogP contribution in [0.4, 0.5) is 10.1 Å². The average Bonchev–Trinajstić information content (AvgIpc) is 2.62. The molecule has 1 saturated heterocycles. The van der Waals surface area contributed by atoms with E-state index in [-0.39, 0.29) is 17.6 Å². The first-order valence-electron chi connectivity index (χ1n) is 9.03. The zero-order valence-electron chi connectivity index (χ0n) is 15.2. The van der Waals surface area contributed by atoms with Crippen molar-refractivity contribution in [2.75, 3.05) is 11.9 Å².